The van der Waals surface area contributed by atoms with Gasteiger partial charge in [-0.1, -0.05) is 349 Å². The number of hydrogen-bond donors (Lipinski definition) is 2. The molecule has 0 aromatic heterocycles. The van der Waals surface area contributed by atoms with E-state index in [1.54, 1.807) is 0 Å². The summed E-state index contributed by atoms with van der Waals surface area (Å²) in [6.45, 7) is 11.5. The minimum Gasteiger partial charge on any atom is -0.481 e. The Balaban J connectivity index is 0. The van der Waals surface area contributed by atoms with Gasteiger partial charge in [0.25, 0.3) is 0 Å². The Morgan fingerprint density at radius 3 is 0.727 bits per heavy atom. The van der Waals surface area contributed by atoms with Gasteiger partial charge in [-0.05, 0) is 38.0 Å². The maximum Gasteiger partial charge on any atom is 0.303 e. The average Bonchev–Trinajstić information content (AvgIpc) is 3.31. The molecule has 0 aliphatic carbocycles. The summed E-state index contributed by atoms with van der Waals surface area (Å²) < 4.78 is 0. The zero-order valence-electron chi connectivity index (χ0n) is 46.8. The molecule has 0 aromatic carbocycles. The van der Waals surface area contributed by atoms with Gasteiger partial charge in [-0.15, -0.1) is 0 Å². The predicted octanol–water partition coefficient (Wildman–Crippen LogP) is 23.0. The van der Waals surface area contributed by atoms with Gasteiger partial charge in [0.2, 0.25) is 0 Å². The third-order valence-electron chi connectivity index (χ3n) is 15.2. The first kappa shape index (κ1) is 67.5. The van der Waals surface area contributed by atoms with E-state index in [0.29, 0.717) is 12.3 Å². The molecule has 0 saturated carbocycles. The summed E-state index contributed by atoms with van der Waals surface area (Å²) in [4.78, 5) is 10.3. The van der Waals surface area contributed by atoms with Crippen molar-refractivity contribution in [2.24, 2.45) is 5.92 Å². The number of hydrogen-bond acceptors (Lipinski definition) is 2. The van der Waals surface area contributed by atoms with Crippen molar-refractivity contribution in [1.82, 2.24) is 0 Å². The van der Waals surface area contributed by atoms with Crippen molar-refractivity contribution in [3.63, 3.8) is 0 Å². The molecule has 398 valence electrons. The van der Waals surface area contributed by atoms with Gasteiger partial charge < -0.3 is 10.2 Å². The highest BCUT2D eigenvalue weighted by molar-refractivity contribution is 5.66. The Morgan fingerprint density at radius 1 is 0.288 bits per heavy atom. The van der Waals surface area contributed by atoms with E-state index in [0.717, 1.165) is 25.7 Å². The monoisotopic (exact) mass is 933 g/mol. The van der Waals surface area contributed by atoms with Gasteiger partial charge in [0.05, 0.1) is 5.60 Å². The lowest BCUT2D eigenvalue weighted by Gasteiger charge is -2.37. The van der Waals surface area contributed by atoms with E-state index >= 15 is 0 Å². The van der Waals surface area contributed by atoms with Gasteiger partial charge in [0.1, 0.15) is 0 Å². The Bertz CT molecular complexity index is 842. The number of carboxylic acids is 1. The molecule has 0 aromatic rings. The normalized spacial score (nSPS) is 12.2. The summed E-state index contributed by atoms with van der Waals surface area (Å²) in [5, 5.41) is 20.9. The lowest BCUT2D eigenvalue weighted by atomic mass is 9.74. The van der Waals surface area contributed by atoms with Gasteiger partial charge >= 0.3 is 5.97 Å². The first-order valence-electron chi connectivity index (χ1n) is 31.4. The van der Waals surface area contributed by atoms with E-state index in [-0.39, 0.29) is 0 Å². The van der Waals surface area contributed by atoms with Crippen LogP contribution in [0.15, 0.2) is 0 Å². The molecular weight excluding hydrogens is 805 g/mol. The van der Waals surface area contributed by atoms with Crippen molar-refractivity contribution in [1.29, 1.82) is 0 Å². The van der Waals surface area contributed by atoms with Crippen molar-refractivity contribution in [3.05, 3.63) is 0 Å². The van der Waals surface area contributed by atoms with Gasteiger partial charge in [0.15, 0.2) is 0 Å². The molecule has 0 heterocycles. The number of aliphatic carboxylic acids is 1. The van der Waals surface area contributed by atoms with Crippen LogP contribution in [0, 0.1) is 5.92 Å². The van der Waals surface area contributed by atoms with Crippen LogP contribution in [-0.4, -0.2) is 21.8 Å². The molecule has 0 aliphatic heterocycles. The first-order valence-corrected chi connectivity index (χ1v) is 31.4. The Kier molecular flexibility index (Phi) is 60.1. The van der Waals surface area contributed by atoms with Crippen LogP contribution in [0.25, 0.3) is 0 Å². The fourth-order valence-electron chi connectivity index (χ4n) is 10.6. The quantitative estimate of drug-likeness (QED) is 0.0598. The largest absolute Gasteiger partial charge is 0.481 e. The fourth-order valence-corrected chi connectivity index (χ4v) is 10.6. The molecular formula is C63H128O3. The van der Waals surface area contributed by atoms with Crippen LogP contribution in [0.1, 0.15) is 388 Å². The van der Waals surface area contributed by atoms with E-state index in [4.69, 9.17) is 5.11 Å². The van der Waals surface area contributed by atoms with Gasteiger partial charge in [-0.2, -0.15) is 0 Å². The molecule has 66 heavy (non-hydrogen) atoms. The van der Waals surface area contributed by atoms with Gasteiger partial charge in [0, 0.05) is 6.42 Å². The van der Waals surface area contributed by atoms with Crippen molar-refractivity contribution in [3.8, 4) is 0 Å². The number of rotatable bonds is 56. The summed E-state index contributed by atoms with van der Waals surface area (Å²) in [7, 11) is 0. The van der Waals surface area contributed by atoms with Crippen LogP contribution in [0.3, 0.4) is 0 Å². The molecule has 0 radical (unpaired) electrons. The van der Waals surface area contributed by atoms with E-state index in [2.05, 4.69) is 34.6 Å². The fraction of sp³-hybridized carbons (Fsp3) is 0.984. The van der Waals surface area contributed by atoms with Crippen LogP contribution in [0.2, 0.25) is 0 Å². The summed E-state index contributed by atoms with van der Waals surface area (Å²) >= 11 is 0. The maximum atomic E-state index is 12.4. The minimum atomic E-state index is -0.657. The highest BCUT2D eigenvalue weighted by Gasteiger charge is 2.34. The van der Waals surface area contributed by atoms with Crippen LogP contribution in [-0.2, 0) is 4.79 Å². The van der Waals surface area contributed by atoms with Crippen molar-refractivity contribution >= 4 is 5.97 Å². The smallest absolute Gasteiger partial charge is 0.303 e. The molecule has 0 amide bonds. The number of aliphatic hydroxyl groups is 1. The summed E-state index contributed by atoms with van der Waals surface area (Å²) in [6.07, 6.45) is 73.6. The highest BCUT2D eigenvalue weighted by atomic mass is 16.4. The molecule has 0 spiro atoms. The van der Waals surface area contributed by atoms with Crippen molar-refractivity contribution in [2.75, 3.05) is 0 Å². The zero-order valence-corrected chi connectivity index (χ0v) is 46.8. The summed E-state index contributed by atoms with van der Waals surface area (Å²) in [5.41, 5.74) is -0.413. The molecule has 1 atom stereocenters. The lowest BCUT2D eigenvalue weighted by molar-refractivity contribution is -0.137. The van der Waals surface area contributed by atoms with Crippen LogP contribution in [0.4, 0.5) is 0 Å². The topological polar surface area (TPSA) is 57.5 Å². The van der Waals surface area contributed by atoms with E-state index < -0.39 is 11.6 Å². The van der Waals surface area contributed by atoms with Crippen LogP contribution < -0.4 is 0 Å². The average molecular weight is 934 g/mol. The molecule has 2 N–H and O–H groups in total. The first-order chi connectivity index (χ1) is 32.4. The highest BCUT2D eigenvalue weighted by Crippen LogP contribution is 2.37. The summed E-state index contributed by atoms with van der Waals surface area (Å²) in [6, 6.07) is 0. The molecule has 0 fully saturated rings. The van der Waals surface area contributed by atoms with Gasteiger partial charge in [-0.3, -0.25) is 4.79 Å². The SMILES string of the molecule is CCCCCCCCCCCCCC(=O)O.CCCCCCCCCCCCCCCC(CCCC)C(O)(CCCCCCCCCCCCCC)CCCCCCCCCCCCCC. The Hall–Kier alpha value is -0.570. The van der Waals surface area contributed by atoms with Crippen molar-refractivity contribution < 1.29 is 15.0 Å². The maximum absolute atomic E-state index is 12.4. The standard InChI is InChI=1S/C49H100O.C14H28O2/c1-5-9-13-16-19-22-25-28-29-32-35-38-41-45-48(44-12-8-4)49(50,46-42-39-36-33-30-26-23-20-17-14-10-6-2)47-43-40-37-34-31-27-24-21-18-15-11-7-3;1-2-3-4-5-6-7-8-9-10-11-12-13-14(15)16/h48,50H,5-47H2,1-4H3;2-13H2,1H3,(H,15,16). The third kappa shape index (κ3) is 54.4. The number of carboxylic acid groups (broad SMARTS) is 1. The second-order valence-corrected chi connectivity index (χ2v) is 21.9. The molecule has 1 unspecified atom stereocenters. The van der Waals surface area contributed by atoms with Crippen molar-refractivity contribution in [2.45, 2.75) is 393 Å². The minimum absolute atomic E-state index is 0.344. The molecule has 3 heteroatoms. The molecule has 0 saturated heterocycles. The lowest BCUT2D eigenvalue weighted by Crippen LogP contribution is -2.38. The Morgan fingerprint density at radius 2 is 0.485 bits per heavy atom. The number of carbonyl (C=O) groups is 1. The second kappa shape index (κ2) is 58.7. The Labute approximate surface area is 418 Å². The van der Waals surface area contributed by atoms with Crippen LogP contribution >= 0.6 is 0 Å². The molecule has 0 aliphatic rings. The summed E-state index contributed by atoms with van der Waals surface area (Å²) in [5.74, 6) is -0.133. The van der Waals surface area contributed by atoms with E-state index in [9.17, 15) is 9.90 Å². The third-order valence-corrected chi connectivity index (χ3v) is 15.2. The van der Waals surface area contributed by atoms with Crippen LogP contribution in [0.5, 0.6) is 0 Å². The van der Waals surface area contributed by atoms with Gasteiger partial charge in [-0.25, -0.2) is 0 Å². The molecule has 0 bridgehead atoms. The second-order valence-electron chi connectivity index (χ2n) is 21.9. The predicted molar refractivity (Wildman–Crippen MR) is 298 cm³/mol. The van der Waals surface area contributed by atoms with E-state index in [1.165, 1.54) is 321 Å². The number of unbranched alkanes of at least 4 members (excludes halogenated alkanes) is 45. The molecule has 0 rings (SSSR count). The molecule has 3 nitrogen and oxygen atoms in total. The van der Waals surface area contributed by atoms with E-state index in [1.807, 2.05) is 0 Å². The zero-order chi connectivity index (χ0) is 48.5.